The first-order valence-electron chi connectivity index (χ1n) is 8.28. The first-order valence-corrected chi connectivity index (χ1v) is 8.28. The average Bonchev–Trinajstić information content (AvgIpc) is 2.29. The predicted molar refractivity (Wildman–Crippen MR) is 92.0 cm³/mol. The summed E-state index contributed by atoms with van der Waals surface area (Å²) in [6.07, 6.45) is -1.51. The van der Waals surface area contributed by atoms with Gasteiger partial charge in [0.1, 0.15) is 0 Å². The van der Waals surface area contributed by atoms with Crippen LogP contribution >= 0.6 is 0 Å². The maximum Gasteiger partial charge on any atom is 0.340 e. The Balaban J connectivity index is 5.98. The molecule has 1 atom stereocenters. The summed E-state index contributed by atoms with van der Waals surface area (Å²) >= 11 is 0. The molecule has 0 heterocycles. The number of ether oxygens (including phenoxy) is 3. The van der Waals surface area contributed by atoms with Crippen molar-refractivity contribution >= 4 is 11.8 Å². The van der Waals surface area contributed by atoms with Crippen molar-refractivity contribution in [3.63, 3.8) is 0 Å². The van der Waals surface area contributed by atoms with Crippen LogP contribution in [0.5, 0.6) is 0 Å². The number of Topliss-reactive ketones (excluding diaryl/α,β-unsaturated/α-hetero) is 1. The third-order valence-corrected chi connectivity index (χ3v) is 2.72. The van der Waals surface area contributed by atoms with Gasteiger partial charge in [-0.25, -0.2) is 4.79 Å². The fourth-order valence-electron chi connectivity index (χ4n) is 2.20. The third kappa shape index (κ3) is 7.73. The molecule has 6 nitrogen and oxygen atoms in total. The van der Waals surface area contributed by atoms with Gasteiger partial charge in [-0.15, -0.1) is 0 Å². The summed E-state index contributed by atoms with van der Waals surface area (Å²) in [6.45, 7) is 17.5. The van der Waals surface area contributed by atoms with Gasteiger partial charge in [-0.1, -0.05) is 6.92 Å². The van der Waals surface area contributed by atoms with Crippen LogP contribution < -0.4 is 0 Å². The highest BCUT2D eigenvalue weighted by atomic mass is 16.7. The molecule has 0 rings (SSSR count). The average molecular weight is 346 g/mol. The van der Waals surface area contributed by atoms with Crippen LogP contribution in [0, 0.1) is 0 Å². The summed E-state index contributed by atoms with van der Waals surface area (Å²) in [7, 11) is 0. The lowest BCUT2D eigenvalue weighted by Gasteiger charge is -2.42. The second-order valence-corrected chi connectivity index (χ2v) is 8.85. The van der Waals surface area contributed by atoms with E-state index >= 15 is 0 Å². The van der Waals surface area contributed by atoms with E-state index in [4.69, 9.17) is 14.2 Å². The summed E-state index contributed by atoms with van der Waals surface area (Å²) in [5.41, 5.74) is -2.22. The molecule has 0 aromatic rings. The third-order valence-electron chi connectivity index (χ3n) is 2.72. The van der Waals surface area contributed by atoms with Gasteiger partial charge in [0.05, 0.1) is 16.8 Å². The Labute approximate surface area is 145 Å². The van der Waals surface area contributed by atoms with Crippen LogP contribution in [0.25, 0.3) is 0 Å². The molecule has 0 aliphatic carbocycles. The van der Waals surface area contributed by atoms with Gasteiger partial charge in [0, 0.05) is 6.42 Å². The Hall–Kier alpha value is -0.980. The van der Waals surface area contributed by atoms with Crippen molar-refractivity contribution in [1.82, 2.24) is 0 Å². The van der Waals surface area contributed by atoms with Gasteiger partial charge in [-0.3, -0.25) is 4.79 Å². The van der Waals surface area contributed by atoms with Crippen LogP contribution in [0.4, 0.5) is 0 Å². The van der Waals surface area contributed by atoms with Crippen LogP contribution in [0.15, 0.2) is 0 Å². The summed E-state index contributed by atoms with van der Waals surface area (Å²) in [5, 5.41) is 9.51. The number of hydrogen-bond acceptors (Lipinski definition) is 5. The Morgan fingerprint density at radius 1 is 0.833 bits per heavy atom. The van der Waals surface area contributed by atoms with Gasteiger partial charge < -0.3 is 19.3 Å². The molecule has 0 fully saturated rings. The van der Waals surface area contributed by atoms with Crippen molar-refractivity contribution in [3.8, 4) is 0 Å². The smallest absolute Gasteiger partial charge is 0.340 e. The molecular formula is C18H34O6. The number of ketones is 1. The molecule has 0 spiro atoms. The van der Waals surface area contributed by atoms with Crippen molar-refractivity contribution in [2.45, 2.75) is 104 Å². The van der Waals surface area contributed by atoms with E-state index in [0.717, 1.165) is 0 Å². The molecule has 1 unspecified atom stereocenters. The molecule has 0 bridgehead atoms. The minimum atomic E-state index is -1.70. The molecule has 0 radical (unpaired) electrons. The van der Waals surface area contributed by atoms with Crippen molar-refractivity contribution in [2.75, 3.05) is 0 Å². The summed E-state index contributed by atoms with van der Waals surface area (Å²) in [6, 6.07) is 0. The van der Waals surface area contributed by atoms with E-state index in [1.807, 2.05) is 0 Å². The molecule has 1 N–H and O–H groups in total. The van der Waals surface area contributed by atoms with Gasteiger partial charge in [0.25, 0.3) is 0 Å². The number of carbonyl (C=O) groups is 2. The fourth-order valence-corrected chi connectivity index (χ4v) is 2.20. The first kappa shape index (κ1) is 23.0. The van der Waals surface area contributed by atoms with Gasteiger partial charge in [0.15, 0.2) is 0 Å². The van der Waals surface area contributed by atoms with Crippen LogP contribution in [-0.2, 0) is 23.8 Å². The highest BCUT2D eigenvalue weighted by molar-refractivity contribution is 6.05. The lowest BCUT2D eigenvalue weighted by atomic mass is 9.99. The lowest BCUT2D eigenvalue weighted by molar-refractivity contribution is -0.299. The highest BCUT2D eigenvalue weighted by Crippen LogP contribution is 2.33. The zero-order valence-corrected chi connectivity index (χ0v) is 16.8. The fraction of sp³-hybridized carbons (Fsp3) is 0.889. The highest BCUT2D eigenvalue weighted by Gasteiger charge is 2.51. The van der Waals surface area contributed by atoms with Crippen LogP contribution in [0.3, 0.4) is 0 Å². The molecule has 24 heavy (non-hydrogen) atoms. The Kier molecular flexibility index (Phi) is 7.19. The lowest BCUT2D eigenvalue weighted by Crippen LogP contribution is -2.58. The van der Waals surface area contributed by atoms with Crippen LogP contribution in [0.2, 0.25) is 0 Å². The molecule has 142 valence electrons. The molecule has 0 amide bonds. The molecule has 0 saturated heterocycles. The molecule has 0 aliphatic rings. The molecule has 0 aromatic carbocycles. The zero-order chi connectivity index (χ0) is 19.6. The van der Waals surface area contributed by atoms with E-state index in [0.29, 0.717) is 0 Å². The minimum Gasteiger partial charge on any atom is -0.479 e. The molecule has 6 heteroatoms. The van der Waals surface area contributed by atoms with Crippen molar-refractivity contribution in [3.05, 3.63) is 0 Å². The number of carboxylic acids is 1. The number of rotatable bonds is 7. The topological polar surface area (TPSA) is 82.1 Å². The predicted octanol–water partition coefficient (Wildman–Crippen LogP) is 3.56. The van der Waals surface area contributed by atoms with E-state index in [9.17, 15) is 14.7 Å². The largest absolute Gasteiger partial charge is 0.479 e. The second-order valence-electron chi connectivity index (χ2n) is 8.85. The Morgan fingerprint density at radius 3 is 1.42 bits per heavy atom. The molecule has 0 saturated carbocycles. The minimum absolute atomic E-state index is 0.164. The van der Waals surface area contributed by atoms with Gasteiger partial charge in [-0.2, -0.15) is 0 Å². The SMILES string of the molecule is CCC(OC(C)(C)C)(OC(C)(C)C)C(=O)C(OC(C)(C)C)C(=O)O. The summed E-state index contributed by atoms with van der Waals surface area (Å²) in [5.74, 6) is -3.80. The van der Waals surface area contributed by atoms with E-state index in [-0.39, 0.29) is 6.42 Å². The summed E-state index contributed by atoms with van der Waals surface area (Å²) < 4.78 is 17.4. The van der Waals surface area contributed by atoms with Crippen LogP contribution in [-0.4, -0.2) is 45.6 Å². The number of carbonyl (C=O) groups excluding carboxylic acids is 1. The van der Waals surface area contributed by atoms with Crippen molar-refractivity contribution in [1.29, 1.82) is 0 Å². The zero-order valence-electron chi connectivity index (χ0n) is 16.8. The quantitative estimate of drug-likeness (QED) is 0.561. The maximum atomic E-state index is 13.1. The van der Waals surface area contributed by atoms with Gasteiger partial charge in [0.2, 0.25) is 17.7 Å². The Morgan fingerprint density at radius 2 is 1.21 bits per heavy atom. The molecule has 0 aromatic heterocycles. The first-order chi connectivity index (χ1) is 10.4. The van der Waals surface area contributed by atoms with Gasteiger partial charge in [-0.05, 0) is 62.3 Å². The number of aliphatic carboxylic acids is 1. The number of hydrogen-bond donors (Lipinski definition) is 1. The van der Waals surface area contributed by atoms with Crippen molar-refractivity contribution < 1.29 is 28.9 Å². The standard InChI is InChI=1S/C18H34O6/c1-11-18(23-16(5,6)7,24-17(8,9)10)13(19)12(14(20)21)22-15(2,3)4/h12H,11H2,1-10H3,(H,20,21). The van der Waals surface area contributed by atoms with E-state index in [2.05, 4.69) is 0 Å². The van der Waals surface area contributed by atoms with E-state index in [1.165, 1.54) is 0 Å². The van der Waals surface area contributed by atoms with E-state index in [1.54, 1.807) is 69.2 Å². The normalized spacial score (nSPS) is 15.2. The van der Waals surface area contributed by atoms with E-state index < -0.39 is 40.4 Å². The maximum absolute atomic E-state index is 13.1. The summed E-state index contributed by atoms with van der Waals surface area (Å²) in [4.78, 5) is 24.8. The Bertz CT molecular complexity index is 432. The van der Waals surface area contributed by atoms with Crippen LogP contribution in [0.1, 0.15) is 75.7 Å². The van der Waals surface area contributed by atoms with Gasteiger partial charge >= 0.3 is 5.97 Å². The molecule has 0 aliphatic heterocycles. The number of carboxylic acid groups (broad SMARTS) is 1. The second kappa shape index (κ2) is 7.50. The monoisotopic (exact) mass is 346 g/mol. The molecular weight excluding hydrogens is 312 g/mol. The van der Waals surface area contributed by atoms with Crippen molar-refractivity contribution in [2.24, 2.45) is 0 Å².